The predicted octanol–water partition coefficient (Wildman–Crippen LogP) is 4.95. The highest BCUT2D eigenvalue weighted by molar-refractivity contribution is 5.88. The van der Waals surface area contributed by atoms with Gasteiger partial charge in [0, 0.05) is 42.2 Å². The van der Waals surface area contributed by atoms with Crippen molar-refractivity contribution in [3.8, 4) is 17.0 Å². The van der Waals surface area contributed by atoms with Gasteiger partial charge >= 0.3 is 0 Å². The summed E-state index contributed by atoms with van der Waals surface area (Å²) >= 11 is 0. The lowest BCUT2D eigenvalue weighted by Gasteiger charge is -2.21. The zero-order valence-corrected chi connectivity index (χ0v) is 15.3. The Hall–Kier alpha value is -3.08. The number of aliphatic imine (C=N–C) groups is 1. The molecule has 0 aliphatic rings. The second-order valence-corrected chi connectivity index (χ2v) is 5.98. The minimum Gasteiger partial charge on any atom is -0.507 e. The topological polar surface area (TPSA) is 61.9 Å². The van der Waals surface area contributed by atoms with Crippen LogP contribution in [0, 0.1) is 6.92 Å². The van der Waals surface area contributed by atoms with Crippen LogP contribution in [-0.2, 0) is 0 Å². The van der Waals surface area contributed by atoms with Crippen LogP contribution in [0.3, 0.4) is 0 Å². The van der Waals surface area contributed by atoms with Crippen molar-refractivity contribution >= 4 is 17.6 Å². The molecule has 0 atom stereocenters. The maximum absolute atomic E-state index is 10.4. The van der Waals surface area contributed by atoms with Gasteiger partial charge in [0.25, 0.3) is 0 Å². The zero-order valence-electron chi connectivity index (χ0n) is 15.3. The summed E-state index contributed by atoms with van der Waals surface area (Å²) in [5.74, 6) is 0.841. The largest absolute Gasteiger partial charge is 0.507 e. The summed E-state index contributed by atoms with van der Waals surface area (Å²) < 4.78 is 5.32. The Labute approximate surface area is 153 Å². The maximum Gasteiger partial charge on any atom is 0.159 e. The molecule has 1 N–H and O–H groups in total. The fraction of sp³-hybridized carbons (Fsp3) is 0.238. The Morgan fingerprint density at radius 1 is 1.12 bits per heavy atom. The molecule has 3 rings (SSSR count). The standard InChI is InChI=1S/C21H23N3O2/c1-4-24(5-2)18-12-11-17(19(25)13-18)14-22-20-15(3)26-23-21(20)16-9-7-6-8-10-16/h6-14,25H,4-5H2,1-3H3. The SMILES string of the molecule is CCN(CC)c1ccc(C=Nc2c(-c3ccccc3)noc2C)c(O)c1. The highest BCUT2D eigenvalue weighted by atomic mass is 16.5. The number of hydrogen-bond donors (Lipinski definition) is 1. The van der Waals surface area contributed by atoms with Crippen LogP contribution in [0.5, 0.6) is 5.75 Å². The lowest BCUT2D eigenvalue weighted by atomic mass is 10.1. The van der Waals surface area contributed by atoms with Gasteiger partial charge in [-0.15, -0.1) is 0 Å². The maximum atomic E-state index is 10.4. The van der Waals surface area contributed by atoms with Crippen molar-refractivity contribution in [3.63, 3.8) is 0 Å². The van der Waals surface area contributed by atoms with Crippen molar-refractivity contribution in [1.29, 1.82) is 0 Å². The monoisotopic (exact) mass is 349 g/mol. The highest BCUT2D eigenvalue weighted by Gasteiger charge is 2.13. The molecule has 0 unspecified atom stereocenters. The third-order valence-electron chi connectivity index (χ3n) is 4.35. The fourth-order valence-corrected chi connectivity index (χ4v) is 2.87. The summed E-state index contributed by atoms with van der Waals surface area (Å²) in [5, 5.41) is 14.5. The lowest BCUT2D eigenvalue weighted by molar-refractivity contribution is 0.400. The van der Waals surface area contributed by atoms with Gasteiger partial charge in [-0.3, -0.25) is 4.99 Å². The van der Waals surface area contributed by atoms with E-state index < -0.39 is 0 Å². The molecule has 5 nitrogen and oxygen atoms in total. The quantitative estimate of drug-likeness (QED) is 0.639. The van der Waals surface area contributed by atoms with E-state index in [0.29, 0.717) is 22.7 Å². The van der Waals surface area contributed by atoms with Crippen molar-refractivity contribution in [3.05, 3.63) is 59.9 Å². The Balaban J connectivity index is 1.91. The van der Waals surface area contributed by atoms with Crippen LogP contribution in [-0.4, -0.2) is 29.6 Å². The summed E-state index contributed by atoms with van der Waals surface area (Å²) in [4.78, 5) is 6.71. The van der Waals surface area contributed by atoms with Crippen LogP contribution < -0.4 is 4.90 Å². The third kappa shape index (κ3) is 3.61. The Kier molecular flexibility index (Phi) is 5.37. The van der Waals surface area contributed by atoms with Crippen molar-refractivity contribution in [2.75, 3.05) is 18.0 Å². The Morgan fingerprint density at radius 2 is 1.85 bits per heavy atom. The van der Waals surface area contributed by atoms with E-state index in [0.717, 1.165) is 24.3 Å². The number of aryl methyl sites for hydroxylation is 1. The molecule has 0 fully saturated rings. The van der Waals surface area contributed by atoms with Gasteiger partial charge in [0.15, 0.2) is 5.76 Å². The number of aromatic hydroxyl groups is 1. The summed E-state index contributed by atoms with van der Waals surface area (Å²) in [6.07, 6.45) is 1.65. The number of hydrogen-bond acceptors (Lipinski definition) is 5. The van der Waals surface area contributed by atoms with Crippen LogP contribution in [0.25, 0.3) is 11.3 Å². The van der Waals surface area contributed by atoms with Crippen LogP contribution in [0.15, 0.2) is 58.0 Å². The molecule has 0 aliphatic heterocycles. The summed E-state index contributed by atoms with van der Waals surface area (Å²) in [7, 11) is 0. The van der Waals surface area contributed by atoms with E-state index in [1.54, 1.807) is 12.3 Å². The van der Waals surface area contributed by atoms with Gasteiger partial charge < -0.3 is 14.5 Å². The Bertz CT molecular complexity index is 897. The molecule has 0 saturated carbocycles. The molecule has 0 aliphatic carbocycles. The number of anilines is 1. The number of benzene rings is 2. The van der Waals surface area contributed by atoms with Crippen molar-refractivity contribution in [2.45, 2.75) is 20.8 Å². The summed E-state index contributed by atoms with van der Waals surface area (Å²) in [6, 6.07) is 15.4. The zero-order chi connectivity index (χ0) is 18.5. The lowest BCUT2D eigenvalue weighted by Crippen LogP contribution is -2.21. The average molecular weight is 349 g/mol. The summed E-state index contributed by atoms with van der Waals surface area (Å²) in [6.45, 7) is 7.80. The van der Waals surface area contributed by atoms with Crippen LogP contribution in [0.4, 0.5) is 11.4 Å². The molecule has 26 heavy (non-hydrogen) atoms. The van der Waals surface area contributed by atoms with E-state index in [-0.39, 0.29) is 5.75 Å². The first-order valence-electron chi connectivity index (χ1n) is 8.77. The molecule has 134 valence electrons. The third-order valence-corrected chi connectivity index (χ3v) is 4.35. The molecule has 0 spiro atoms. The van der Waals surface area contributed by atoms with Gasteiger partial charge in [0.2, 0.25) is 0 Å². The second-order valence-electron chi connectivity index (χ2n) is 5.98. The number of nitrogens with zero attached hydrogens (tertiary/aromatic N) is 3. The van der Waals surface area contributed by atoms with Crippen molar-refractivity contribution in [1.82, 2.24) is 5.16 Å². The number of aromatic nitrogens is 1. The van der Waals surface area contributed by atoms with E-state index in [4.69, 9.17) is 4.52 Å². The Morgan fingerprint density at radius 3 is 2.50 bits per heavy atom. The van der Waals surface area contributed by atoms with Crippen LogP contribution in [0.2, 0.25) is 0 Å². The molecular weight excluding hydrogens is 326 g/mol. The van der Waals surface area contributed by atoms with Gasteiger partial charge in [-0.05, 0) is 32.9 Å². The molecule has 0 saturated heterocycles. The van der Waals surface area contributed by atoms with E-state index in [2.05, 4.69) is 28.9 Å². The summed E-state index contributed by atoms with van der Waals surface area (Å²) in [5.41, 5.74) is 3.95. The van der Waals surface area contributed by atoms with Gasteiger partial charge in [-0.2, -0.15) is 0 Å². The van der Waals surface area contributed by atoms with Crippen LogP contribution >= 0.6 is 0 Å². The molecular formula is C21H23N3O2. The first-order valence-corrected chi connectivity index (χ1v) is 8.77. The highest BCUT2D eigenvalue weighted by Crippen LogP contribution is 2.33. The molecule has 1 aromatic heterocycles. The molecule has 5 heteroatoms. The smallest absolute Gasteiger partial charge is 0.159 e. The van der Waals surface area contributed by atoms with Crippen molar-refractivity contribution < 1.29 is 9.63 Å². The van der Waals surface area contributed by atoms with Crippen molar-refractivity contribution in [2.24, 2.45) is 4.99 Å². The molecule has 2 aromatic carbocycles. The molecule has 3 aromatic rings. The first kappa shape index (κ1) is 17.7. The first-order chi connectivity index (χ1) is 12.6. The van der Waals surface area contributed by atoms with Gasteiger partial charge in [0.05, 0.1) is 0 Å². The average Bonchev–Trinajstić information content (AvgIpc) is 3.03. The minimum absolute atomic E-state index is 0.202. The second kappa shape index (κ2) is 7.87. The van der Waals surface area contributed by atoms with E-state index in [1.807, 2.05) is 49.4 Å². The number of phenols is 1. The molecule has 0 bridgehead atoms. The fourth-order valence-electron chi connectivity index (χ4n) is 2.87. The molecule has 0 amide bonds. The van der Waals surface area contributed by atoms with E-state index in [1.165, 1.54) is 0 Å². The van der Waals surface area contributed by atoms with E-state index in [9.17, 15) is 5.11 Å². The van der Waals surface area contributed by atoms with Crippen LogP contribution in [0.1, 0.15) is 25.2 Å². The predicted molar refractivity (Wildman–Crippen MR) is 106 cm³/mol. The molecule has 0 radical (unpaired) electrons. The van der Waals surface area contributed by atoms with Gasteiger partial charge in [-0.25, -0.2) is 0 Å². The van der Waals surface area contributed by atoms with Gasteiger partial charge in [0.1, 0.15) is 17.1 Å². The normalized spacial score (nSPS) is 11.2. The number of rotatable bonds is 6. The minimum atomic E-state index is 0.202. The van der Waals surface area contributed by atoms with Gasteiger partial charge in [-0.1, -0.05) is 35.5 Å². The van der Waals surface area contributed by atoms with E-state index >= 15 is 0 Å². The molecule has 1 heterocycles. The number of phenolic OH excluding ortho intramolecular Hbond substituents is 1.